The molecule has 1 saturated heterocycles. The lowest BCUT2D eigenvalue weighted by atomic mass is 10.0. The number of nitrogens with one attached hydrogen (secondary N) is 2. The van der Waals surface area contributed by atoms with E-state index in [1.165, 1.54) is 0 Å². The minimum absolute atomic E-state index is 0.0504. The molecule has 260 valence electrons. The van der Waals surface area contributed by atoms with Crippen LogP contribution in [0.1, 0.15) is 45.5 Å². The Labute approximate surface area is 297 Å². The van der Waals surface area contributed by atoms with Crippen LogP contribution in [0.15, 0.2) is 121 Å². The van der Waals surface area contributed by atoms with E-state index in [0.717, 1.165) is 40.8 Å². The van der Waals surface area contributed by atoms with Crippen LogP contribution < -0.4 is 25.0 Å². The lowest BCUT2D eigenvalue weighted by molar-refractivity contribution is 0.00976. The maximum absolute atomic E-state index is 13.9. The largest absolute Gasteiger partial charge is 0.473 e. The SMILES string of the molecule is O=C(NC[C@H]1CC[C@@H](Nc2cccc3c2CN(c2ccc(OCc4ccccc4)nc2OCc2ccccc2)C3=O)CO1)OCc1ccccc1. The molecule has 7 rings (SSSR count). The van der Waals surface area contributed by atoms with Gasteiger partial charge in [-0.05, 0) is 47.7 Å². The molecule has 2 aliphatic rings. The number of anilines is 2. The van der Waals surface area contributed by atoms with E-state index in [0.29, 0.717) is 49.3 Å². The standard InChI is InChI=1S/C41H40N4O6/c46-40-34-17-10-18-36(43-32-19-20-33(48-28-32)23-42-41(47)51-27-31-15-8-3-9-16-31)35(34)24-45(40)37-21-22-38(49-25-29-11-4-1-5-12-29)44-39(37)50-26-30-13-6-2-7-14-30/h1-18,21-22,32-33,43H,19-20,23-28H2,(H,42,47)/t32-,33-/m1/s1. The first-order valence-electron chi connectivity index (χ1n) is 17.2. The highest BCUT2D eigenvalue weighted by molar-refractivity contribution is 6.11. The Kier molecular flexibility index (Phi) is 10.7. The van der Waals surface area contributed by atoms with Gasteiger partial charge in [0, 0.05) is 35.5 Å². The second-order valence-corrected chi connectivity index (χ2v) is 12.6. The first-order chi connectivity index (χ1) is 25.1. The third-order valence-electron chi connectivity index (χ3n) is 8.94. The summed E-state index contributed by atoms with van der Waals surface area (Å²) in [5.74, 6) is 0.611. The van der Waals surface area contributed by atoms with Crippen molar-refractivity contribution in [2.24, 2.45) is 0 Å². The number of fused-ring (bicyclic) bond motifs is 1. The van der Waals surface area contributed by atoms with E-state index in [4.69, 9.17) is 23.9 Å². The van der Waals surface area contributed by atoms with Gasteiger partial charge >= 0.3 is 6.09 Å². The number of amides is 2. The smallest absolute Gasteiger partial charge is 0.407 e. The molecular weight excluding hydrogens is 644 g/mol. The van der Waals surface area contributed by atoms with Gasteiger partial charge in [0.1, 0.15) is 25.5 Å². The maximum atomic E-state index is 13.9. The average Bonchev–Trinajstić information content (AvgIpc) is 3.53. The third kappa shape index (κ3) is 8.66. The minimum atomic E-state index is -0.463. The van der Waals surface area contributed by atoms with Crippen LogP contribution in [0.3, 0.4) is 0 Å². The van der Waals surface area contributed by atoms with Crippen molar-refractivity contribution in [3.63, 3.8) is 0 Å². The van der Waals surface area contributed by atoms with E-state index in [1.807, 2.05) is 115 Å². The fourth-order valence-electron chi connectivity index (χ4n) is 6.20. The summed E-state index contributed by atoms with van der Waals surface area (Å²) in [7, 11) is 0. The highest BCUT2D eigenvalue weighted by Crippen LogP contribution is 2.38. The predicted octanol–water partition coefficient (Wildman–Crippen LogP) is 7.29. The normalized spacial score (nSPS) is 16.6. The van der Waals surface area contributed by atoms with Crippen LogP contribution in [-0.4, -0.2) is 42.3 Å². The molecule has 51 heavy (non-hydrogen) atoms. The maximum Gasteiger partial charge on any atom is 0.407 e. The van der Waals surface area contributed by atoms with Gasteiger partial charge in [0.25, 0.3) is 5.91 Å². The molecule has 2 N–H and O–H groups in total. The Balaban J connectivity index is 0.979. The summed E-state index contributed by atoms with van der Waals surface area (Å²) in [5.41, 5.74) is 5.94. The Morgan fingerprint density at radius 3 is 2.10 bits per heavy atom. The van der Waals surface area contributed by atoms with Gasteiger partial charge < -0.3 is 29.6 Å². The number of ether oxygens (including phenoxy) is 4. The van der Waals surface area contributed by atoms with E-state index in [1.54, 1.807) is 11.0 Å². The number of carbonyl (C=O) groups excluding carboxylic acids is 2. The van der Waals surface area contributed by atoms with Crippen LogP contribution in [-0.2, 0) is 35.8 Å². The molecule has 4 aromatic carbocycles. The molecule has 0 radical (unpaired) electrons. The number of pyridine rings is 1. The fourth-order valence-corrected chi connectivity index (χ4v) is 6.20. The number of rotatable bonds is 13. The zero-order chi connectivity index (χ0) is 34.8. The molecule has 5 aromatic rings. The molecule has 0 saturated carbocycles. The van der Waals surface area contributed by atoms with E-state index in [2.05, 4.69) is 10.6 Å². The van der Waals surface area contributed by atoms with Crippen molar-refractivity contribution in [2.75, 3.05) is 23.4 Å². The Morgan fingerprint density at radius 1 is 0.765 bits per heavy atom. The highest BCUT2D eigenvalue weighted by Gasteiger charge is 2.34. The van der Waals surface area contributed by atoms with Gasteiger partial charge in [-0.1, -0.05) is 97.1 Å². The zero-order valence-corrected chi connectivity index (χ0v) is 28.2. The van der Waals surface area contributed by atoms with Gasteiger partial charge in [0.15, 0.2) is 0 Å². The Hall–Kier alpha value is -5.87. The van der Waals surface area contributed by atoms with E-state index in [-0.39, 0.29) is 31.3 Å². The van der Waals surface area contributed by atoms with Gasteiger partial charge in [-0.25, -0.2) is 4.79 Å². The summed E-state index contributed by atoms with van der Waals surface area (Å²) in [4.78, 5) is 32.5. The summed E-state index contributed by atoms with van der Waals surface area (Å²) >= 11 is 0. The first kappa shape index (κ1) is 33.6. The monoisotopic (exact) mass is 684 g/mol. The van der Waals surface area contributed by atoms with Crippen LogP contribution >= 0.6 is 0 Å². The fraction of sp³-hybridized carbons (Fsp3) is 0.244. The molecule has 2 aliphatic heterocycles. The van der Waals surface area contributed by atoms with E-state index in [9.17, 15) is 9.59 Å². The Bertz CT molecular complexity index is 1920. The van der Waals surface area contributed by atoms with Crippen molar-refractivity contribution in [1.82, 2.24) is 10.3 Å². The molecule has 0 bridgehead atoms. The van der Waals surface area contributed by atoms with Crippen molar-refractivity contribution in [3.8, 4) is 11.8 Å². The molecular formula is C41H40N4O6. The van der Waals surface area contributed by atoms with Gasteiger partial charge in [-0.15, -0.1) is 0 Å². The van der Waals surface area contributed by atoms with Crippen LogP contribution in [0.2, 0.25) is 0 Å². The minimum Gasteiger partial charge on any atom is -0.473 e. The number of hydrogen-bond donors (Lipinski definition) is 2. The van der Waals surface area contributed by atoms with Gasteiger partial charge in [0.05, 0.1) is 19.3 Å². The van der Waals surface area contributed by atoms with E-state index < -0.39 is 6.09 Å². The van der Waals surface area contributed by atoms with Crippen molar-refractivity contribution in [3.05, 3.63) is 149 Å². The molecule has 1 fully saturated rings. The molecule has 1 aromatic heterocycles. The predicted molar refractivity (Wildman–Crippen MR) is 194 cm³/mol. The average molecular weight is 685 g/mol. The number of nitrogens with zero attached hydrogens (tertiary/aromatic N) is 2. The third-order valence-corrected chi connectivity index (χ3v) is 8.94. The summed E-state index contributed by atoms with van der Waals surface area (Å²) in [6.07, 6.45) is 1.05. The molecule has 0 aliphatic carbocycles. The van der Waals surface area contributed by atoms with Gasteiger partial charge in [-0.2, -0.15) is 4.98 Å². The van der Waals surface area contributed by atoms with Crippen LogP contribution in [0, 0.1) is 0 Å². The first-order valence-corrected chi connectivity index (χ1v) is 17.2. The lowest BCUT2D eigenvalue weighted by Crippen LogP contribution is -2.41. The molecule has 0 unspecified atom stereocenters. The van der Waals surface area contributed by atoms with Crippen LogP contribution in [0.4, 0.5) is 16.2 Å². The van der Waals surface area contributed by atoms with Crippen LogP contribution in [0.5, 0.6) is 11.8 Å². The molecule has 10 nitrogen and oxygen atoms in total. The summed E-state index contributed by atoms with van der Waals surface area (Å²) in [6, 6.07) is 38.7. The van der Waals surface area contributed by atoms with Crippen molar-refractivity contribution in [2.45, 2.75) is 51.4 Å². The number of hydrogen-bond acceptors (Lipinski definition) is 8. The molecule has 0 spiro atoms. The van der Waals surface area contributed by atoms with Gasteiger partial charge in [0.2, 0.25) is 11.8 Å². The van der Waals surface area contributed by atoms with Crippen molar-refractivity contribution < 1.29 is 28.5 Å². The Morgan fingerprint density at radius 2 is 1.43 bits per heavy atom. The van der Waals surface area contributed by atoms with Crippen molar-refractivity contribution in [1.29, 1.82) is 0 Å². The lowest BCUT2D eigenvalue weighted by Gasteiger charge is -2.30. The van der Waals surface area contributed by atoms with Crippen LogP contribution in [0.25, 0.3) is 0 Å². The number of benzene rings is 4. The number of alkyl carbamates (subject to hydrolysis) is 1. The second-order valence-electron chi connectivity index (χ2n) is 12.6. The van der Waals surface area contributed by atoms with E-state index >= 15 is 0 Å². The zero-order valence-electron chi connectivity index (χ0n) is 28.2. The molecule has 2 atom stereocenters. The number of aromatic nitrogens is 1. The summed E-state index contributed by atoms with van der Waals surface area (Å²) in [5, 5.41) is 6.43. The second kappa shape index (κ2) is 16.2. The number of carbonyl (C=O) groups is 2. The summed E-state index contributed by atoms with van der Waals surface area (Å²) < 4.78 is 23.7. The molecule has 10 heteroatoms. The molecule has 2 amide bonds. The molecule has 3 heterocycles. The topological polar surface area (TPSA) is 111 Å². The summed E-state index contributed by atoms with van der Waals surface area (Å²) in [6.45, 7) is 2.08. The highest BCUT2D eigenvalue weighted by atomic mass is 16.5. The quantitative estimate of drug-likeness (QED) is 0.133. The van der Waals surface area contributed by atoms with Crippen molar-refractivity contribution >= 4 is 23.4 Å². The van der Waals surface area contributed by atoms with Gasteiger partial charge in [-0.3, -0.25) is 9.69 Å².